The predicted molar refractivity (Wildman–Crippen MR) is 62.4 cm³/mol. The van der Waals surface area contributed by atoms with E-state index in [2.05, 4.69) is 0 Å². The van der Waals surface area contributed by atoms with Crippen molar-refractivity contribution in [1.82, 2.24) is 0 Å². The van der Waals surface area contributed by atoms with Crippen LogP contribution >= 0.6 is 0 Å². The fraction of sp³-hybridized carbons (Fsp3) is 0.417. The molecule has 16 heavy (non-hydrogen) atoms. The molecule has 86 valence electrons. The molecule has 0 N–H and O–H groups in total. The molecule has 1 aliphatic rings. The molecule has 4 heteroatoms. The maximum absolute atomic E-state index is 12.1. The second-order valence-electron chi connectivity index (χ2n) is 4.02. The summed E-state index contributed by atoms with van der Waals surface area (Å²) in [6.07, 6.45) is 0. The molecular formula is C12H14O3S. The van der Waals surface area contributed by atoms with Gasteiger partial charge < -0.3 is 4.74 Å². The van der Waals surface area contributed by atoms with E-state index in [4.69, 9.17) is 4.74 Å². The number of methoxy groups -OCH3 is 1. The molecule has 1 aromatic rings. The Morgan fingerprint density at radius 1 is 1.31 bits per heavy atom. The standard InChI is InChI=1S/C12H14O3S/c1-7-8(2)16(14)11-5-4-9(15-3)6-10(11)12(7)13/h4-8H,1-3H3. The normalized spacial score (nSPS) is 28.7. The van der Waals surface area contributed by atoms with Crippen molar-refractivity contribution in [2.24, 2.45) is 5.92 Å². The molecule has 3 atom stereocenters. The summed E-state index contributed by atoms with van der Waals surface area (Å²) in [5, 5.41) is -0.117. The molecule has 3 unspecified atom stereocenters. The first-order valence-electron chi connectivity index (χ1n) is 5.19. The smallest absolute Gasteiger partial charge is 0.168 e. The van der Waals surface area contributed by atoms with Gasteiger partial charge >= 0.3 is 0 Å². The minimum Gasteiger partial charge on any atom is -0.497 e. The minimum atomic E-state index is -1.10. The van der Waals surface area contributed by atoms with Crippen LogP contribution in [0.2, 0.25) is 0 Å². The molecular weight excluding hydrogens is 224 g/mol. The van der Waals surface area contributed by atoms with E-state index in [9.17, 15) is 9.00 Å². The SMILES string of the molecule is COc1ccc2c(c1)C(=O)C(C)C(C)S2=O. The van der Waals surface area contributed by atoms with Crippen LogP contribution in [0, 0.1) is 5.92 Å². The molecule has 0 fully saturated rings. The van der Waals surface area contributed by atoms with Crippen molar-refractivity contribution in [2.45, 2.75) is 24.0 Å². The predicted octanol–water partition coefficient (Wildman–Crippen LogP) is 2.02. The van der Waals surface area contributed by atoms with Gasteiger partial charge in [0.15, 0.2) is 5.78 Å². The molecule has 0 saturated carbocycles. The minimum absolute atomic E-state index is 0.0565. The lowest BCUT2D eigenvalue weighted by Gasteiger charge is -2.26. The van der Waals surface area contributed by atoms with Crippen molar-refractivity contribution < 1.29 is 13.7 Å². The van der Waals surface area contributed by atoms with Crippen LogP contribution in [0.25, 0.3) is 0 Å². The maximum atomic E-state index is 12.1. The monoisotopic (exact) mass is 238 g/mol. The Hall–Kier alpha value is -1.16. The van der Waals surface area contributed by atoms with Crippen molar-refractivity contribution in [3.8, 4) is 5.75 Å². The lowest BCUT2D eigenvalue weighted by molar-refractivity contribution is 0.0922. The number of carbonyl (C=O) groups excluding carboxylic acids is 1. The van der Waals surface area contributed by atoms with E-state index in [0.717, 1.165) is 0 Å². The molecule has 0 spiro atoms. The molecule has 0 aliphatic carbocycles. The fourth-order valence-electron chi connectivity index (χ4n) is 1.85. The van der Waals surface area contributed by atoms with E-state index >= 15 is 0 Å². The van der Waals surface area contributed by atoms with Gasteiger partial charge in [0.1, 0.15) is 5.75 Å². The van der Waals surface area contributed by atoms with Crippen molar-refractivity contribution in [1.29, 1.82) is 0 Å². The lowest BCUT2D eigenvalue weighted by atomic mass is 9.96. The van der Waals surface area contributed by atoms with E-state index < -0.39 is 10.8 Å². The Labute approximate surface area is 97.3 Å². The highest BCUT2D eigenvalue weighted by molar-refractivity contribution is 7.86. The Balaban J connectivity index is 2.59. The third-order valence-electron chi connectivity index (χ3n) is 3.12. The topological polar surface area (TPSA) is 43.4 Å². The molecule has 1 aliphatic heterocycles. The number of fused-ring (bicyclic) bond motifs is 1. The highest BCUT2D eigenvalue weighted by Crippen LogP contribution is 2.32. The van der Waals surface area contributed by atoms with E-state index in [-0.39, 0.29) is 17.0 Å². The van der Waals surface area contributed by atoms with Gasteiger partial charge in [-0.05, 0) is 25.1 Å². The second-order valence-corrected chi connectivity index (χ2v) is 5.80. The summed E-state index contributed by atoms with van der Waals surface area (Å²) in [5.74, 6) is 0.493. The van der Waals surface area contributed by atoms with E-state index in [1.54, 1.807) is 25.3 Å². The average Bonchev–Trinajstić information content (AvgIpc) is 2.33. The molecule has 0 saturated heterocycles. The number of hydrogen-bond acceptors (Lipinski definition) is 3. The van der Waals surface area contributed by atoms with Crippen LogP contribution in [0.15, 0.2) is 23.1 Å². The van der Waals surface area contributed by atoms with Crippen molar-refractivity contribution in [3.63, 3.8) is 0 Å². The first kappa shape index (κ1) is 11.3. The van der Waals surface area contributed by atoms with Crippen LogP contribution in [0.4, 0.5) is 0 Å². The molecule has 3 nitrogen and oxygen atoms in total. The van der Waals surface area contributed by atoms with Gasteiger partial charge in [0.2, 0.25) is 0 Å². The molecule has 0 aromatic heterocycles. The number of ether oxygens (including phenoxy) is 1. The van der Waals surface area contributed by atoms with Gasteiger partial charge in [0, 0.05) is 16.7 Å². The summed E-state index contributed by atoms with van der Waals surface area (Å²) in [5.41, 5.74) is 0.545. The zero-order chi connectivity index (χ0) is 11.9. The highest BCUT2D eigenvalue weighted by atomic mass is 32.2. The Morgan fingerprint density at radius 3 is 2.62 bits per heavy atom. The van der Waals surface area contributed by atoms with E-state index in [0.29, 0.717) is 16.2 Å². The van der Waals surface area contributed by atoms with Crippen LogP contribution in [0.5, 0.6) is 5.75 Å². The number of carbonyl (C=O) groups is 1. The van der Waals surface area contributed by atoms with Crippen molar-refractivity contribution in [3.05, 3.63) is 23.8 Å². The summed E-state index contributed by atoms with van der Waals surface area (Å²) in [6, 6.07) is 5.15. The van der Waals surface area contributed by atoms with Gasteiger partial charge in [-0.15, -0.1) is 0 Å². The van der Waals surface area contributed by atoms with Gasteiger partial charge in [0.05, 0.1) is 22.8 Å². The van der Waals surface area contributed by atoms with Gasteiger partial charge in [-0.25, -0.2) is 0 Å². The second kappa shape index (κ2) is 4.01. The van der Waals surface area contributed by atoms with Gasteiger partial charge in [-0.3, -0.25) is 9.00 Å². The van der Waals surface area contributed by atoms with E-state index in [1.807, 2.05) is 13.8 Å². The Bertz CT molecular complexity index is 467. The number of Topliss-reactive ketones (excluding diaryl/α,β-unsaturated/α-hetero) is 1. The third-order valence-corrected chi connectivity index (χ3v) is 5.00. The van der Waals surface area contributed by atoms with Gasteiger partial charge in [-0.1, -0.05) is 6.92 Å². The molecule has 0 bridgehead atoms. The summed E-state index contributed by atoms with van der Waals surface area (Å²) in [7, 11) is 0.456. The summed E-state index contributed by atoms with van der Waals surface area (Å²) in [6.45, 7) is 3.68. The summed E-state index contributed by atoms with van der Waals surface area (Å²) in [4.78, 5) is 12.7. The number of rotatable bonds is 1. The van der Waals surface area contributed by atoms with Gasteiger partial charge in [0.25, 0.3) is 0 Å². The highest BCUT2D eigenvalue weighted by Gasteiger charge is 2.35. The van der Waals surface area contributed by atoms with Crippen LogP contribution in [-0.2, 0) is 10.8 Å². The van der Waals surface area contributed by atoms with Crippen LogP contribution in [0.1, 0.15) is 24.2 Å². The zero-order valence-corrected chi connectivity index (χ0v) is 10.3. The van der Waals surface area contributed by atoms with Crippen molar-refractivity contribution in [2.75, 3.05) is 7.11 Å². The Kier molecular flexibility index (Phi) is 2.84. The molecule has 1 heterocycles. The average molecular weight is 238 g/mol. The van der Waals surface area contributed by atoms with Gasteiger partial charge in [-0.2, -0.15) is 0 Å². The largest absolute Gasteiger partial charge is 0.497 e. The first-order chi connectivity index (χ1) is 7.56. The molecule has 0 radical (unpaired) electrons. The molecule has 0 amide bonds. The van der Waals surface area contributed by atoms with E-state index in [1.165, 1.54) is 0 Å². The Morgan fingerprint density at radius 2 is 2.00 bits per heavy atom. The summed E-state index contributed by atoms with van der Waals surface area (Å²) < 4.78 is 17.2. The number of benzene rings is 1. The van der Waals surface area contributed by atoms with Crippen LogP contribution in [-0.4, -0.2) is 22.4 Å². The fourth-order valence-corrected chi connectivity index (χ4v) is 3.32. The zero-order valence-electron chi connectivity index (χ0n) is 9.52. The van der Waals surface area contributed by atoms with Crippen molar-refractivity contribution >= 4 is 16.6 Å². The molecule has 2 rings (SSSR count). The number of hydrogen-bond donors (Lipinski definition) is 0. The molecule has 1 aromatic carbocycles. The van der Waals surface area contributed by atoms with Crippen LogP contribution in [0.3, 0.4) is 0 Å². The maximum Gasteiger partial charge on any atom is 0.168 e. The quantitative estimate of drug-likeness (QED) is 0.751. The summed E-state index contributed by atoms with van der Waals surface area (Å²) >= 11 is 0. The first-order valence-corrected chi connectivity index (χ1v) is 6.40. The third kappa shape index (κ3) is 1.57. The van der Waals surface area contributed by atoms with Crippen LogP contribution < -0.4 is 4.74 Å². The lowest BCUT2D eigenvalue weighted by Crippen LogP contribution is -2.33. The number of ketones is 1.